The number of hydrogen-bond acceptors (Lipinski definition) is 5. The van der Waals surface area contributed by atoms with Gasteiger partial charge in [0.25, 0.3) is 5.91 Å². The molecule has 0 aliphatic carbocycles. The number of thiazole rings is 1. The van der Waals surface area contributed by atoms with E-state index in [0.717, 1.165) is 29.1 Å². The number of anilines is 1. The van der Waals surface area contributed by atoms with E-state index < -0.39 is 6.10 Å². The summed E-state index contributed by atoms with van der Waals surface area (Å²) in [6.45, 7) is 3.11. The largest absolute Gasteiger partial charge is 0.476 e. The first kappa shape index (κ1) is 19.1. The molecule has 2 aromatic carbocycles. The number of carbonyl (C=O) groups excluding carboxylic acids is 2. The van der Waals surface area contributed by atoms with Crippen LogP contribution in [0.4, 0.5) is 5.69 Å². The Labute approximate surface area is 179 Å². The fourth-order valence-corrected chi connectivity index (χ4v) is 5.40. The molecule has 2 aliphatic rings. The molecule has 0 bridgehead atoms. The van der Waals surface area contributed by atoms with Gasteiger partial charge in [-0.15, -0.1) is 11.3 Å². The number of benzene rings is 2. The summed E-state index contributed by atoms with van der Waals surface area (Å²) in [5, 5.41) is 1.09. The van der Waals surface area contributed by atoms with Crippen molar-refractivity contribution in [3.05, 3.63) is 53.5 Å². The average Bonchev–Trinajstić information content (AvgIpc) is 3.22. The van der Waals surface area contributed by atoms with Gasteiger partial charge in [-0.25, -0.2) is 4.98 Å². The van der Waals surface area contributed by atoms with E-state index in [1.807, 2.05) is 47.4 Å². The number of ether oxygens (including phenoxy) is 1. The molecule has 0 saturated carbocycles. The number of piperidine rings is 1. The predicted octanol–water partition coefficient (Wildman–Crippen LogP) is 3.82. The number of para-hydroxylation sites is 3. The second-order valence-corrected chi connectivity index (χ2v) is 8.91. The van der Waals surface area contributed by atoms with Crippen LogP contribution in [0.1, 0.15) is 30.7 Å². The highest BCUT2D eigenvalue weighted by Gasteiger charge is 2.37. The SMILES string of the molecule is CC(=O)N1CC(C(=O)N2CCCC(c3nc4ccccc4s3)C2)Oc2ccccc21. The van der Waals surface area contributed by atoms with E-state index in [9.17, 15) is 9.59 Å². The molecular weight excluding hydrogens is 398 g/mol. The number of nitrogens with zero attached hydrogens (tertiary/aromatic N) is 3. The van der Waals surface area contributed by atoms with Crippen LogP contribution in [0.2, 0.25) is 0 Å². The van der Waals surface area contributed by atoms with E-state index in [2.05, 4.69) is 6.07 Å². The first-order chi connectivity index (χ1) is 14.6. The minimum absolute atomic E-state index is 0.0541. The van der Waals surface area contributed by atoms with Crippen molar-refractivity contribution in [1.82, 2.24) is 9.88 Å². The Morgan fingerprint density at radius 1 is 1.10 bits per heavy atom. The summed E-state index contributed by atoms with van der Waals surface area (Å²) in [6.07, 6.45) is 1.28. The van der Waals surface area contributed by atoms with E-state index in [4.69, 9.17) is 9.72 Å². The van der Waals surface area contributed by atoms with Crippen molar-refractivity contribution in [2.75, 3.05) is 24.5 Å². The van der Waals surface area contributed by atoms with Crippen molar-refractivity contribution < 1.29 is 14.3 Å². The number of aromatic nitrogens is 1. The molecule has 1 saturated heterocycles. The fraction of sp³-hybridized carbons (Fsp3) is 0.348. The van der Waals surface area contributed by atoms with Gasteiger partial charge in [0.2, 0.25) is 5.91 Å². The molecule has 2 aliphatic heterocycles. The van der Waals surface area contributed by atoms with E-state index in [0.29, 0.717) is 18.8 Å². The molecule has 7 heteroatoms. The zero-order valence-electron chi connectivity index (χ0n) is 16.8. The Balaban J connectivity index is 1.35. The van der Waals surface area contributed by atoms with Crippen LogP contribution in [0.3, 0.4) is 0 Å². The molecule has 1 aromatic heterocycles. The van der Waals surface area contributed by atoms with E-state index >= 15 is 0 Å². The minimum atomic E-state index is -0.682. The summed E-state index contributed by atoms with van der Waals surface area (Å²) < 4.78 is 7.20. The van der Waals surface area contributed by atoms with Crippen LogP contribution < -0.4 is 9.64 Å². The lowest BCUT2D eigenvalue weighted by molar-refractivity contribution is -0.140. The second kappa shape index (κ2) is 7.72. The van der Waals surface area contributed by atoms with Crippen LogP contribution in [0, 0.1) is 0 Å². The quantitative estimate of drug-likeness (QED) is 0.631. The van der Waals surface area contributed by atoms with E-state index in [1.54, 1.807) is 16.2 Å². The van der Waals surface area contributed by atoms with Crippen molar-refractivity contribution >= 4 is 39.1 Å². The molecule has 2 unspecified atom stereocenters. The van der Waals surface area contributed by atoms with E-state index in [-0.39, 0.29) is 24.3 Å². The third-order valence-electron chi connectivity index (χ3n) is 5.82. The van der Waals surface area contributed by atoms with Crippen molar-refractivity contribution in [2.45, 2.75) is 31.8 Å². The van der Waals surface area contributed by atoms with Crippen molar-refractivity contribution in [3.8, 4) is 5.75 Å². The van der Waals surface area contributed by atoms with Gasteiger partial charge in [-0.1, -0.05) is 24.3 Å². The summed E-state index contributed by atoms with van der Waals surface area (Å²) in [5.74, 6) is 0.674. The number of rotatable bonds is 2. The average molecular weight is 422 g/mol. The molecule has 2 amide bonds. The fourth-order valence-electron chi connectivity index (χ4n) is 4.31. The Kier molecular flexibility index (Phi) is 4.90. The number of carbonyl (C=O) groups is 2. The van der Waals surface area contributed by atoms with Crippen LogP contribution in [-0.4, -0.2) is 47.4 Å². The Morgan fingerprint density at radius 2 is 1.90 bits per heavy atom. The normalized spacial score (nSPS) is 21.2. The maximum absolute atomic E-state index is 13.3. The lowest BCUT2D eigenvalue weighted by Crippen LogP contribution is -2.53. The van der Waals surface area contributed by atoms with Gasteiger partial charge in [0, 0.05) is 25.9 Å². The van der Waals surface area contributed by atoms with Gasteiger partial charge in [0.15, 0.2) is 6.10 Å². The van der Waals surface area contributed by atoms with Gasteiger partial charge in [-0.05, 0) is 37.1 Å². The molecular formula is C23H23N3O3S. The zero-order chi connectivity index (χ0) is 20.7. The molecule has 2 atom stereocenters. The lowest BCUT2D eigenvalue weighted by Gasteiger charge is -2.38. The molecule has 0 spiro atoms. The summed E-state index contributed by atoms with van der Waals surface area (Å²) >= 11 is 1.71. The first-order valence-electron chi connectivity index (χ1n) is 10.3. The molecule has 30 heavy (non-hydrogen) atoms. The minimum Gasteiger partial charge on any atom is -0.476 e. The molecule has 0 N–H and O–H groups in total. The molecule has 6 nitrogen and oxygen atoms in total. The summed E-state index contributed by atoms with van der Waals surface area (Å²) in [7, 11) is 0. The van der Waals surface area contributed by atoms with Gasteiger partial charge in [0.05, 0.1) is 27.5 Å². The van der Waals surface area contributed by atoms with Crippen molar-refractivity contribution in [3.63, 3.8) is 0 Å². The smallest absolute Gasteiger partial charge is 0.265 e. The standard InChI is InChI=1S/C23H23N3O3S/c1-15(27)26-14-20(29-19-10-4-3-9-18(19)26)23(28)25-12-6-7-16(13-25)22-24-17-8-2-5-11-21(17)30-22/h2-5,8-11,16,20H,6-7,12-14H2,1H3. The monoisotopic (exact) mass is 421 g/mol. The Hall–Kier alpha value is -2.93. The van der Waals surface area contributed by atoms with Crippen LogP contribution in [0.15, 0.2) is 48.5 Å². The van der Waals surface area contributed by atoms with Crippen LogP contribution in [0.25, 0.3) is 10.2 Å². The predicted molar refractivity (Wildman–Crippen MR) is 117 cm³/mol. The molecule has 5 rings (SSSR count). The third kappa shape index (κ3) is 3.43. The van der Waals surface area contributed by atoms with Gasteiger partial charge in [0.1, 0.15) is 5.75 Å². The highest BCUT2D eigenvalue weighted by atomic mass is 32.1. The third-order valence-corrected chi connectivity index (χ3v) is 7.02. The van der Waals surface area contributed by atoms with E-state index in [1.165, 1.54) is 11.6 Å². The molecule has 154 valence electrons. The van der Waals surface area contributed by atoms with Crippen LogP contribution in [-0.2, 0) is 9.59 Å². The first-order valence-corrected chi connectivity index (χ1v) is 11.1. The Bertz CT molecular complexity index is 1080. The Morgan fingerprint density at radius 3 is 2.73 bits per heavy atom. The summed E-state index contributed by atoms with van der Waals surface area (Å²) in [4.78, 5) is 33.8. The van der Waals surface area contributed by atoms with Gasteiger partial charge < -0.3 is 14.5 Å². The second-order valence-electron chi connectivity index (χ2n) is 7.85. The van der Waals surface area contributed by atoms with Crippen LogP contribution >= 0.6 is 11.3 Å². The van der Waals surface area contributed by atoms with Crippen LogP contribution in [0.5, 0.6) is 5.75 Å². The number of likely N-dealkylation sites (tertiary alicyclic amines) is 1. The van der Waals surface area contributed by atoms with Gasteiger partial charge >= 0.3 is 0 Å². The van der Waals surface area contributed by atoms with Gasteiger partial charge in [-0.3, -0.25) is 9.59 Å². The molecule has 3 heterocycles. The highest BCUT2D eigenvalue weighted by molar-refractivity contribution is 7.18. The van der Waals surface area contributed by atoms with Gasteiger partial charge in [-0.2, -0.15) is 0 Å². The number of fused-ring (bicyclic) bond motifs is 2. The maximum atomic E-state index is 13.3. The zero-order valence-corrected chi connectivity index (χ0v) is 17.6. The summed E-state index contributed by atoms with van der Waals surface area (Å²) in [5.41, 5.74) is 1.74. The van der Waals surface area contributed by atoms with Crippen molar-refractivity contribution in [2.24, 2.45) is 0 Å². The lowest BCUT2D eigenvalue weighted by atomic mass is 9.98. The molecule has 0 radical (unpaired) electrons. The molecule has 3 aromatic rings. The molecule has 1 fully saturated rings. The summed E-state index contributed by atoms with van der Waals surface area (Å²) in [6, 6.07) is 15.5. The highest BCUT2D eigenvalue weighted by Crippen LogP contribution is 2.36. The maximum Gasteiger partial charge on any atom is 0.265 e. The topological polar surface area (TPSA) is 62.7 Å². The number of hydrogen-bond donors (Lipinski definition) is 0. The number of amides is 2. The van der Waals surface area contributed by atoms with Crippen molar-refractivity contribution in [1.29, 1.82) is 0 Å².